The summed E-state index contributed by atoms with van der Waals surface area (Å²) in [6.45, 7) is 4.21. The SMILES string of the molecule is CCN(C(=O)c1cc([N+](=O)[O-])cn1C)C1CCNC1. The molecule has 2 heterocycles. The normalized spacial score (nSPS) is 18.5. The first-order chi connectivity index (χ1) is 9.04. The topological polar surface area (TPSA) is 80.4 Å². The number of likely N-dealkylation sites (N-methyl/N-ethyl adjacent to an activating group) is 1. The zero-order chi connectivity index (χ0) is 14.0. The Balaban J connectivity index is 2.24. The number of carbonyl (C=O) groups is 1. The van der Waals surface area contributed by atoms with Crippen LogP contribution in [-0.4, -0.2) is 46.0 Å². The number of hydrogen-bond acceptors (Lipinski definition) is 4. The third-order valence-corrected chi connectivity index (χ3v) is 3.50. The number of hydrogen-bond donors (Lipinski definition) is 1. The van der Waals surface area contributed by atoms with Crippen molar-refractivity contribution in [2.24, 2.45) is 7.05 Å². The van der Waals surface area contributed by atoms with Crippen molar-refractivity contribution < 1.29 is 9.72 Å². The zero-order valence-electron chi connectivity index (χ0n) is 11.1. The van der Waals surface area contributed by atoms with Crippen molar-refractivity contribution in [3.05, 3.63) is 28.1 Å². The minimum atomic E-state index is -0.482. The summed E-state index contributed by atoms with van der Waals surface area (Å²) in [5.41, 5.74) is 0.312. The quantitative estimate of drug-likeness (QED) is 0.644. The molecule has 19 heavy (non-hydrogen) atoms. The summed E-state index contributed by atoms with van der Waals surface area (Å²) >= 11 is 0. The summed E-state index contributed by atoms with van der Waals surface area (Å²) in [5, 5.41) is 14.0. The van der Waals surface area contributed by atoms with Crippen LogP contribution in [0.4, 0.5) is 5.69 Å². The zero-order valence-corrected chi connectivity index (χ0v) is 11.1. The largest absolute Gasteiger partial charge is 0.340 e. The van der Waals surface area contributed by atoms with E-state index in [9.17, 15) is 14.9 Å². The fourth-order valence-corrected chi connectivity index (χ4v) is 2.48. The van der Waals surface area contributed by atoms with Gasteiger partial charge in [-0.05, 0) is 19.9 Å². The summed E-state index contributed by atoms with van der Waals surface area (Å²) in [4.78, 5) is 24.5. The molecule has 104 valence electrons. The second-order valence-electron chi connectivity index (χ2n) is 4.69. The highest BCUT2D eigenvalue weighted by Crippen LogP contribution is 2.19. The first kappa shape index (κ1) is 13.5. The second kappa shape index (κ2) is 5.40. The number of rotatable bonds is 4. The van der Waals surface area contributed by atoms with Crippen LogP contribution in [0.5, 0.6) is 0 Å². The molecule has 7 heteroatoms. The number of aryl methyl sites for hydroxylation is 1. The number of nitrogens with one attached hydrogen (secondary N) is 1. The molecule has 0 radical (unpaired) electrons. The van der Waals surface area contributed by atoms with Crippen molar-refractivity contribution in [1.29, 1.82) is 0 Å². The second-order valence-corrected chi connectivity index (χ2v) is 4.69. The van der Waals surface area contributed by atoms with E-state index in [0.717, 1.165) is 19.5 Å². The molecule has 0 aromatic carbocycles. The van der Waals surface area contributed by atoms with Crippen LogP contribution in [-0.2, 0) is 7.05 Å². The van der Waals surface area contributed by atoms with E-state index < -0.39 is 4.92 Å². The van der Waals surface area contributed by atoms with Crippen molar-refractivity contribution in [2.75, 3.05) is 19.6 Å². The maximum absolute atomic E-state index is 12.5. The Morgan fingerprint density at radius 2 is 2.42 bits per heavy atom. The first-order valence-corrected chi connectivity index (χ1v) is 6.37. The highest BCUT2D eigenvalue weighted by molar-refractivity contribution is 5.93. The van der Waals surface area contributed by atoms with Gasteiger partial charge in [-0.25, -0.2) is 0 Å². The molecule has 1 saturated heterocycles. The Bertz CT molecular complexity index is 491. The Morgan fingerprint density at radius 1 is 1.68 bits per heavy atom. The molecule has 1 aromatic rings. The molecule has 1 fully saturated rings. The van der Waals surface area contributed by atoms with Crippen LogP contribution in [0.3, 0.4) is 0 Å². The number of amides is 1. The Morgan fingerprint density at radius 3 is 2.89 bits per heavy atom. The maximum atomic E-state index is 12.5. The van der Waals surface area contributed by atoms with E-state index in [1.54, 1.807) is 11.9 Å². The van der Waals surface area contributed by atoms with E-state index in [1.165, 1.54) is 16.8 Å². The van der Waals surface area contributed by atoms with E-state index in [4.69, 9.17) is 0 Å². The van der Waals surface area contributed by atoms with Crippen LogP contribution in [0, 0.1) is 10.1 Å². The average molecular weight is 266 g/mol. The molecule has 0 saturated carbocycles. The summed E-state index contributed by atoms with van der Waals surface area (Å²) in [5.74, 6) is -0.146. The highest BCUT2D eigenvalue weighted by atomic mass is 16.6. The van der Waals surface area contributed by atoms with Crippen LogP contribution < -0.4 is 5.32 Å². The van der Waals surface area contributed by atoms with Gasteiger partial charge in [0.15, 0.2) is 0 Å². The van der Waals surface area contributed by atoms with Crippen molar-refractivity contribution in [3.8, 4) is 0 Å². The van der Waals surface area contributed by atoms with Gasteiger partial charge in [0.1, 0.15) is 5.69 Å². The molecule has 1 unspecified atom stereocenters. The molecule has 1 N–H and O–H groups in total. The first-order valence-electron chi connectivity index (χ1n) is 6.37. The van der Waals surface area contributed by atoms with E-state index in [0.29, 0.717) is 12.2 Å². The number of aromatic nitrogens is 1. The monoisotopic (exact) mass is 266 g/mol. The van der Waals surface area contributed by atoms with Crippen LogP contribution in [0.1, 0.15) is 23.8 Å². The lowest BCUT2D eigenvalue weighted by Gasteiger charge is -2.27. The van der Waals surface area contributed by atoms with Gasteiger partial charge in [-0.2, -0.15) is 0 Å². The van der Waals surface area contributed by atoms with E-state index in [1.807, 2.05) is 6.92 Å². The van der Waals surface area contributed by atoms with Crippen LogP contribution in [0.15, 0.2) is 12.3 Å². The third-order valence-electron chi connectivity index (χ3n) is 3.50. The molecule has 1 aliphatic rings. The number of carbonyl (C=O) groups excluding carboxylic acids is 1. The fourth-order valence-electron chi connectivity index (χ4n) is 2.48. The third kappa shape index (κ3) is 2.60. The summed E-state index contributed by atoms with van der Waals surface area (Å²) in [6, 6.07) is 1.51. The van der Waals surface area contributed by atoms with Crippen molar-refractivity contribution >= 4 is 11.6 Å². The smallest absolute Gasteiger partial charge is 0.287 e. The van der Waals surface area contributed by atoms with Crippen LogP contribution >= 0.6 is 0 Å². The molecule has 0 aliphatic carbocycles. The minimum Gasteiger partial charge on any atom is -0.340 e. The Hall–Kier alpha value is -1.89. The molecule has 0 bridgehead atoms. The van der Waals surface area contributed by atoms with Gasteiger partial charge in [0, 0.05) is 32.2 Å². The van der Waals surface area contributed by atoms with Gasteiger partial charge in [0.25, 0.3) is 11.6 Å². The Labute approximate surface area is 111 Å². The number of nitrogens with zero attached hydrogens (tertiary/aromatic N) is 3. The predicted molar refractivity (Wildman–Crippen MR) is 70.1 cm³/mol. The van der Waals surface area contributed by atoms with Gasteiger partial charge >= 0.3 is 0 Å². The minimum absolute atomic E-state index is 0.0496. The predicted octanol–water partition coefficient (Wildman–Crippen LogP) is 0.757. The lowest BCUT2D eigenvalue weighted by atomic mass is 10.2. The van der Waals surface area contributed by atoms with E-state index in [2.05, 4.69) is 5.32 Å². The van der Waals surface area contributed by atoms with Gasteiger partial charge in [0.2, 0.25) is 0 Å². The van der Waals surface area contributed by atoms with Crippen molar-refractivity contribution in [3.63, 3.8) is 0 Å². The van der Waals surface area contributed by atoms with Crippen molar-refractivity contribution in [1.82, 2.24) is 14.8 Å². The molecular formula is C12H18N4O3. The van der Waals surface area contributed by atoms with Crippen LogP contribution in [0.25, 0.3) is 0 Å². The summed E-state index contributed by atoms with van der Waals surface area (Å²) in [6.07, 6.45) is 2.29. The molecule has 1 aliphatic heterocycles. The Kier molecular flexibility index (Phi) is 3.84. The van der Waals surface area contributed by atoms with Gasteiger partial charge < -0.3 is 14.8 Å². The van der Waals surface area contributed by atoms with Gasteiger partial charge in [0.05, 0.1) is 11.1 Å². The van der Waals surface area contributed by atoms with Gasteiger partial charge in [-0.3, -0.25) is 14.9 Å². The highest BCUT2D eigenvalue weighted by Gasteiger charge is 2.28. The molecule has 2 rings (SSSR count). The maximum Gasteiger partial charge on any atom is 0.287 e. The lowest BCUT2D eigenvalue weighted by molar-refractivity contribution is -0.384. The standard InChI is InChI=1S/C12H18N4O3/c1-3-15(9-4-5-13-7-9)12(17)11-6-10(16(18)19)8-14(11)2/h6,8-9,13H,3-5,7H2,1-2H3. The molecule has 1 aromatic heterocycles. The van der Waals surface area contributed by atoms with E-state index >= 15 is 0 Å². The van der Waals surface area contributed by atoms with Crippen molar-refractivity contribution in [2.45, 2.75) is 19.4 Å². The van der Waals surface area contributed by atoms with Gasteiger partial charge in [-0.1, -0.05) is 0 Å². The van der Waals surface area contributed by atoms with E-state index in [-0.39, 0.29) is 17.6 Å². The number of nitro groups is 1. The fraction of sp³-hybridized carbons (Fsp3) is 0.583. The molecule has 7 nitrogen and oxygen atoms in total. The summed E-state index contributed by atoms with van der Waals surface area (Å²) < 4.78 is 1.52. The molecule has 0 spiro atoms. The lowest BCUT2D eigenvalue weighted by Crippen LogP contribution is -2.42. The molecule has 1 amide bonds. The summed E-state index contributed by atoms with van der Waals surface area (Å²) in [7, 11) is 1.65. The van der Waals surface area contributed by atoms with Gasteiger partial charge in [-0.15, -0.1) is 0 Å². The average Bonchev–Trinajstić information content (AvgIpc) is 2.99. The van der Waals surface area contributed by atoms with Crippen LogP contribution in [0.2, 0.25) is 0 Å². The molecular weight excluding hydrogens is 248 g/mol. The molecule has 1 atom stereocenters.